The van der Waals surface area contributed by atoms with Gasteiger partial charge in [-0.25, -0.2) is 56.3 Å². The lowest BCUT2D eigenvalue weighted by molar-refractivity contribution is -0.197. The second kappa shape index (κ2) is 24.0. The van der Waals surface area contributed by atoms with Crippen molar-refractivity contribution < 1.29 is 65.2 Å². The number of ether oxygens (including phenoxy) is 4. The molecule has 81 heavy (non-hydrogen) atoms. The zero-order chi connectivity index (χ0) is 58.9. The molecule has 0 aliphatic carbocycles. The van der Waals surface area contributed by atoms with Crippen molar-refractivity contribution in [2.75, 3.05) is 48.5 Å². The molecule has 32 heteroatoms. The molecule has 0 radical (unpaired) electrons. The Balaban J connectivity index is 0.000000213. The summed E-state index contributed by atoms with van der Waals surface area (Å²) in [7, 11) is -4.84. The van der Waals surface area contributed by atoms with Gasteiger partial charge in [0.25, 0.3) is 11.8 Å². The lowest BCUT2D eigenvalue weighted by Gasteiger charge is -2.24. The molecule has 4 unspecified atom stereocenters. The fraction of sp³-hybridized carbons (Fsp3) is 0.469. The average Bonchev–Trinajstić information content (AvgIpc) is 4.43. The lowest BCUT2D eigenvalue weighted by Crippen LogP contribution is -2.42. The number of urea groups is 2. The zero-order valence-electron chi connectivity index (χ0n) is 45.7. The molecule has 8 atom stereocenters. The minimum absolute atomic E-state index is 0.0100. The van der Waals surface area contributed by atoms with Gasteiger partial charge in [0.1, 0.15) is 46.9 Å². The van der Waals surface area contributed by atoms with Crippen LogP contribution in [0.2, 0.25) is 0 Å². The van der Waals surface area contributed by atoms with E-state index in [1.165, 1.54) is 70.5 Å². The van der Waals surface area contributed by atoms with Crippen molar-refractivity contribution >= 4 is 89.3 Å². The van der Waals surface area contributed by atoms with E-state index in [2.05, 4.69) is 61.8 Å². The van der Waals surface area contributed by atoms with Crippen LogP contribution in [-0.2, 0) is 48.6 Å². The standard InChI is InChI=1S/C26H34N8O7S.C23H30N8O7S/c1-7-27-23(35)19-18-20(41-26(4,5)40-18)24(39-19)34-13-30-17-21(28-12-29-22(17)34)32-25(36)31-15-10-8-9-11-16(15)42(37,38)33(6)14(2)3;1-5-24-21(34)18-16(32)17(33)22(38-18)31-11-27-15-19(25-10-26-20(15)31)29-23(35)28-13-8-6-7-9-14(13)39(36,37)30(4)12(2)3/h8-14,18-20,24H,7H2,1-6H3,(H,27,35)(H2,28,29,31,32,36);6-12,16-18,22,32-33H,5H2,1-4H3,(H,24,34)(H2,25,26,28,29,35)/t18?,19-,20?,24+;16?,17?,18-,22+/m00/s1. The van der Waals surface area contributed by atoms with Crippen LogP contribution in [0.1, 0.15) is 67.8 Å². The Labute approximate surface area is 465 Å². The number of aliphatic hydroxyl groups excluding tert-OH is 2. The third-order valence-corrected chi connectivity index (χ3v) is 17.4. The minimum Gasteiger partial charge on any atom is -0.387 e. The van der Waals surface area contributed by atoms with Crippen LogP contribution in [0.4, 0.5) is 32.6 Å². The Morgan fingerprint density at radius 3 is 1.48 bits per heavy atom. The van der Waals surface area contributed by atoms with Crippen LogP contribution in [0.5, 0.6) is 0 Å². The summed E-state index contributed by atoms with van der Waals surface area (Å²) in [4.78, 5) is 76.0. The molecular formula is C49H64N16O14S2. The number of para-hydroxylation sites is 2. The number of hydrogen-bond donors (Lipinski definition) is 8. The Bertz CT molecular complexity index is 3550. The molecule has 0 spiro atoms. The van der Waals surface area contributed by atoms with Crippen LogP contribution in [-0.4, -0.2) is 180 Å². The van der Waals surface area contributed by atoms with Crippen molar-refractivity contribution in [2.45, 2.75) is 132 Å². The summed E-state index contributed by atoms with van der Waals surface area (Å²) in [5.41, 5.74) is 0.991. The summed E-state index contributed by atoms with van der Waals surface area (Å²) in [6.45, 7) is 14.7. The number of imidazole rings is 2. The van der Waals surface area contributed by atoms with Crippen LogP contribution >= 0.6 is 0 Å². The van der Waals surface area contributed by atoms with Gasteiger partial charge in [0.2, 0.25) is 20.0 Å². The number of amides is 6. The van der Waals surface area contributed by atoms with Crippen molar-refractivity contribution in [2.24, 2.45) is 0 Å². The minimum atomic E-state index is -3.89. The van der Waals surface area contributed by atoms with Gasteiger partial charge in [-0.05, 0) is 79.7 Å². The molecule has 0 bridgehead atoms. The first-order valence-corrected chi connectivity index (χ1v) is 28.4. The molecule has 436 valence electrons. The molecule has 4 aromatic heterocycles. The number of hydrogen-bond acceptors (Lipinski definition) is 20. The summed E-state index contributed by atoms with van der Waals surface area (Å²) < 4.78 is 81.5. The normalized spacial score (nSPS) is 22.4. The third kappa shape index (κ3) is 12.1. The van der Waals surface area contributed by atoms with Gasteiger partial charge in [-0.1, -0.05) is 24.3 Å². The Morgan fingerprint density at radius 2 is 1.02 bits per heavy atom. The molecule has 30 nitrogen and oxygen atoms in total. The van der Waals surface area contributed by atoms with E-state index in [0.29, 0.717) is 18.7 Å². The molecule has 8 N–H and O–H groups in total. The predicted octanol–water partition coefficient (Wildman–Crippen LogP) is 2.31. The summed E-state index contributed by atoms with van der Waals surface area (Å²) in [5, 5.41) is 36.5. The van der Waals surface area contributed by atoms with Gasteiger partial charge in [-0.15, -0.1) is 0 Å². The van der Waals surface area contributed by atoms with Crippen molar-refractivity contribution in [1.82, 2.24) is 58.3 Å². The van der Waals surface area contributed by atoms with Crippen molar-refractivity contribution in [3.05, 3.63) is 73.8 Å². The largest absolute Gasteiger partial charge is 0.387 e. The summed E-state index contributed by atoms with van der Waals surface area (Å²) >= 11 is 0. The molecule has 3 aliphatic rings. The van der Waals surface area contributed by atoms with E-state index >= 15 is 0 Å². The Morgan fingerprint density at radius 1 is 0.605 bits per heavy atom. The van der Waals surface area contributed by atoms with E-state index in [-0.39, 0.29) is 67.5 Å². The van der Waals surface area contributed by atoms with E-state index in [1.807, 2.05) is 6.92 Å². The van der Waals surface area contributed by atoms with E-state index in [9.17, 15) is 46.2 Å². The number of aliphatic hydroxyl groups is 2. The molecule has 6 amide bonds. The number of fused-ring (bicyclic) bond motifs is 3. The average molecular weight is 1170 g/mol. The Hall–Kier alpha value is -7.40. The number of nitrogens with zero attached hydrogens (tertiary/aromatic N) is 10. The van der Waals surface area contributed by atoms with Crippen LogP contribution in [0.15, 0.2) is 83.6 Å². The number of carbonyl (C=O) groups excluding carboxylic acids is 4. The quantitative estimate of drug-likeness (QED) is 0.0689. The van der Waals surface area contributed by atoms with E-state index in [0.717, 1.165) is 6.33 Å². The number of anilines is 4. The van der Waals surface area contributed by atoms with E-state index in [1.54, 1.807) is 77.3 Å². The van der Waals surface area contributed by atoms with Gasteiger partial charge in [0.05, 0.1) is 24.0 Å². The van der Waals surface area contributed by atoms with Gasteiger partial charge in [0.15, 0.2) is 64.4 Å². The van der Waals surface area contributed by atoms with Gasteiger partial charge in [-0.2, -0.15) is 8.61 Å². The number of likely N-dealkylation sites (N-methyl/N-ethyl adjacent to an activating group) is 2. The molecule has 9 rings (SSSR count). The van der Waals surface area contributed by atoms with Crippen LogP contribution in [0.3, 0.4) is 0 Å². The first kappa shape index (κ1) is 59.7. The number of nitrogens with one attached hydrogen (secondary N) is 6. The van der Waals surface area contributed by atoms with Crippen LogP contribution in [0.25, 0.3) is 22.3 Å². The highest BCUT2D eigenvalue weighted by molar-refractivity contribution is 7.89. The fourth-order valence-corrected chi connectivity index (χ4v) is 11.9. The first-order valence-electron chi connectivity index (χ1n) is 25.5. The number of rotatable bonds is 16. The summed E-state index contributed by atoms with van der Waals surface area (Å²) in [6, 6.07) is 9.99. The summed E-state index contributed by atoms with van der Waals surface area (Å²) in [6.07, 6.45) is -3.36. The molecule has 3 saturated heterocycles. The summed E-state index contributed by atoms with van der Waals surface area (Å²) in [5.74, 6) is -1.77. The van der Waals surface area contributed by atoms with Gasteiger partial charge < -0.3 is 50.4 Å². The van der Waals surface area contributed by atoms with Gasteiger partial charge in [-0.3, -0.25) is 29.4 Å². The smallest absolute Gasteiger partial charge is 0.324 e. The van der Waals surface area contributed by atoms with Crippen LogP contribution in [0, 0.1) is 0 Å². The van der Waals surface area contributed by atoms with Crippen LogP contribution < -0.4 is 31.9 Å². The maximum atomic E-state index is 13.1. The molecule has 2 aromatic carbocycles. The SMILES string of the molecule is CCNC(=O)[C@H]1O[C@@H](n2cnc3c(NC(=O)Nc4ccccc4S(=O)(=O)N(C)C(C)C)ncnc32)C(O)C1O.CCNC(=O)[C@H]1O[C@@H](n2cnc3c(NC(=O)Nc4ccccc4S(=O)(=O)N(C)C(C)C)ncnc32)C2OC(C)(C)OC21. The predicted molar refractivity (Wildman–Crippen MR) is 290 cm³/mol. The molecule has 3 fully saturated rings. The highest BCUT2D eigenvalue weighted by Gasteiger charge is 2.58. The monoisotopic (exact) mass is 1160 g/mol. The topological polar surface area (TPSA) is 380 Å². The molecular weight excluding hydrogens is 1100 g/mol. The maximum absolute atomic E-state index is 13.1. The molecule has 3 aliphatic heterocycles. The zero-order valence-corrected chi connectivity index (χ0v) is 47.3. The number of carbonyl (C=O) groups is 4. The van der Waals surface area contributed by atoms with Gasteiger partial charge in [0, 0.05) is 39.3 Å². The van der Waals surface area contributed by atoms with E-state index < -0.39 is 92.9 Å². The van der Waals surface area contributed by atoms with Crippen molar-refractivity contribution in [1.29, 1.82) is 0 Å². The third-order valence-electron chi connectivity index (χ3n) is 13.3. The van der Waals surface area contributed by atoms with Crippen molar-refractivity contribution in [3.8, 4) is 0 Å². The van der Waals surface area contributed by atoms with E-state index in [4.69, 9.17) is 18.9 Å². The fourth-order valence-electron chi connectivity index (χ4n) is 8.90. The Kier molecular flexibility index (Phi) is 17.7. The highest BCUT2D eigenvalue weighted by atomic mass is 32.2. The molecule has 0 saturated carbocycles. The molecule has 7 heterocycles. The number of aromatic nitrogens is 8. The highest BCUT2D eigenvalue weighted by Crippen LogP contribution is 2.44. The second-order valence-corrected chi connectivity index (χ2v) is 23.6. The number of sulfonamides is 2. The number of benzene rings is 2. The lowest BCUT2D eigenvalue weighted by atomic mass is 10.1. The van der Waals surface area contributed by atoms with Crippen molar-refractivity contribution in [3.63, 3.8) is 0 Å². The first-order chi connectivity index (χ1) is 38.3. The molecule has 6 aromatic rings. The second-order valence-electron chi connectivity index (χ2n) is 19.7. The van der Waals surface area contributed by atoms with Gasteiger partial charge >= 0.3 is 12.1 Å². The maximum Gasteiger partial charge on any atom is 0.324 e.